The number of hydrogen-bond acceptors (Lipinski definition) is 5. The summed E-state index contributed by atoms with van der Waals surface area (Å²) in [7, 11) is -0.402. The molecule has 0 amide bonds. The fraction of sp³-hybridized carbons (Fsp3) is 0.467. The molecule has 0 bridgehead atoms. The molecular weight excluding hydrogens is 267 g/mol. The van der Waals surface area contributed by atoms with E-state index in [0.717, 1.165) is 11.0 Å². The molecule has 3 heterocycles. The van der Waals surface area contributed by atoms with Crippen molar-refractivity contribution in [3.63, 3.8) is 0 Å². The van der Waals surface area contributed by atoms with Gasteiger partial charge >= 0.3 is 7.12 Å². The lowest BCUT2D eigenvalue weighted by atomic mass is 9.77. The average molecular weight is 286 g/mol. The fourth-order valence-corrected chi connectivity index (χ4v) is 2.25. The number of aryl methyl sites for hydroxylation is 1. The highest BCUT2D eigenvalue weighted by Gasteiger charge is 2.52. The summed E-state index contributed by atoms with van der Waals surface area (Å²) in [5, 5.41) is 0. The molecule has 0 aromatic carbocycles. The molecule has 2 aromatic rings. The van der Waals surface area contributed by atoms with Gasteiger partial charge in [0.1, 0.15) is 12.0 Å². The van der Waals surface area contributed by atoms with Gasteiger partial charge in [0.05, 0.1) is 17.4 Å². The molecule has 1 saturated heterocycles. The van der Waals surface area contributed by atoms with Crippen LogP contribution < -0.4 is 5.46 Å². The van der Waals surface area contributed by atoms with Crippen molar-refractivity contribution in [2.75, 3.05) is 0 Å². The Morgan fingerprint density at radius 3 is 2.24 bits per heavy atom. The number of oxazole rings is 1. The molecule has 21 heavy (non-hydrogen) atoms. The molecule has 3 rings (SSSR count). The fourth-order valence-electron chi connectivity index (χ4n) is 2.25. The summed E-state index contributed by atoms with van der Waals surface area (Å²) in [5.41, 5.74) is 1.97. The Labute approximate surface area is 124 Å². The van der Waals surface area contributed by atoms with Crippen molar-refractivity contribution in [1.29, 1.82) is 0 Å². The van der Waals surface area contributed by atoms with Crippen molar-refractivity contribution >= 4 is 12.6 Å². The van der Waals surface area contributed by atoms with E-state index in [9.17, 15) is 0 Å². The molecule has 5 nitrogen and oxygen atoms in total. The smallest absolute Gasteiger partial charge is 0.443 e. The SMILES string of the molecule is Cc1cc(-c2ncco2)ncc1B1OC(C)(C)C(C)(C)O1. The molecule has 1 fully saturated rings. The second-order valence-corrected chi connectivity index (χ2v) is 6.35. The Kier molecular flexibility index (Phi) is 3.18. The van der Waals surface area contributed by atoms with Crippen molar-refractivity contribution in [3.8, 4) is 11.6 Å². The van der Waals surface area contributed by atoms with Crippen LogP contribution in [0.5, 0.6) is 0 Å². The van der Waals surface area contributed by atoms with Gasteiger partial charge < -0.3 is 13.7 Å². The summed E-state index contributed by atoms with van der Waals surface area (Å²) < 4.78 is 17.4. The predicted molar refractivity (Wildman–Crippen MR) is 80.2 cm³/mol. The highest BCUT2D eigenvalue weighted by atomic mass is 16.7. The summed E-state index contributed by atoms with van der Waals surface area (Å²) in [6, 6.07) is 1.94. The monoisotopic (exact) mass is 286 g/mol. The zero-order valence-corrected chi connectivity index (χ0v) is 13.0. The standard InChI is InChI=1S/C15H19BN2O3/c1-10-8-12(13-17-6-7-19-13)18-9-11(10)16-20-14(2,3)15(4,5)21-16/h6-9H,1-5H3. The lowest BCUT2D eigenvalue weighted by molar-refractivity contribution is 0.00578. The van der Waals surface area contributed by atoms with Gasteiger partial charge in [-0.25, -0.2) is 4.98 Å². The minimum Gasteiger partial charge on any atom is -0.443 e. The van der Waals surface area contributed by atoms with Crippen LogP contribution in [0.4, 0.5) is 0 Å². The molecule has 2 aromatic heterocycles. The van der Waals surface area contributed by atoms with E-state index in [1.165, 1.54) is 6.26 Å². The Morgan fingerprint density at radius 2 is 1.71 bits per heavy atom. The number of hydrogen-bond donors (Lipinski definition) is 0. The molecule has 0 spiro atoms. The molecule has 110 valence electrons. The number of aromatic nitrogens is 2. The van der Waals surface area contributed by atoms with Crippen LogP contribution in [0.3, 0.4) is 0 Å². The van der Waals surface area contributed by atoms with Gasteiger partial charge in [0.15, 0.2) is 0 Å². The second kappa shape index (κ2) is 4.68. The number of pyridine rings is 1. The maximum atomic E-state index is 6.06. The van der Waals surface area contributed by atoms with Gasteiger partial charge in [0.2, 0.25) is 5.89 Å². The van der Waals surface area contributed by atoms with Crippen LogP contribution in [-0.2, 0) is 9.31 Å². The molecule has 0 N–H and O–H groups in total. The van der Waals surface area contributed by atoms with Crippen molar-refractivity contribution in [1.82, 2.24) is 9.97 Å². The third kappa shape index (κ3) is 2.38. The van der Waals surface area contributed by atoms with E-state index < -0.39 is 7.12 Å². The van der Waals surface area contributed by atoms with Crippen LogP contribution in [0.25, 0.3) is 11.6 Å². The van der Waals surface area contributed by atoms with Crippen molar-refractivity contribution < 1.29 is 13.7 Å². The molecular formula is C15H19BN2O3. The summed E-state index contributed by atoms with van der Waals surface area (Å²) in [5.74, 6) is 0.513. The first-order valence-electron chi connectivity index (χ1n) is 7.02. The lowest BCUT2D eigenvalue weighted by Gasteiger charge is -2.32. The third-order valence-electron chi connectivity index (χ3n) is 4.31. The molecule has 0 aliphatic carbocycles. The molecule has 1 aliphatic rings. The summed E-state index contributed by atoms with van der Waals surface area (Å²) in [6.45, 7) is 10.2. The summed E-state index contributed by atoms with van der Waals surface area (Å²) in [6.07, 6.45) is 4.92. The van der Waals surface area contributed by atoms with Crippen LogP contribution in [0.1, 0.15) is 33.3 Å². The van der Waals surface area contributed by atoms with Gasteiger partial charge in [-0.05, 0) is 46.2 Å². The average Bonchev–Trinajstić information content (AvgIpc) is 2.96. The van der Waals surface area contributed by atoms with Gasteiger partial charge in [-0.1, -0.05) is 0 Å². The Bertz CT molecular complexity index is 637. The van der Waals surface area contributed by atoms with Crippen LogP contribution in [-0.4, -0.2) is 28.3 Å². The summed E-state index contributed by atoms with van der Waals surface area (Å²) >= 11 is 0. The first kappa shape index (κ1) is 14.3. The van der Waals surface area contributed by atoms with Gasteiger partial charge in [0, 0.05) is 11.7 Å². The third-order valence-corrected chi connectivity index (χ3v) is 4.31. The van der Waals surface area contributed by atoms with E-state index >= 15 is 0 Å². The molecule has 1 aliphatic heterocycles. The van der Waals surface area contributed by atoms with Crippen molar-refractivity contribution in [2.24, 2.45) is 0 Å². The van der Waals surface area contributed by atoms with E-state index in [2.05, 4.69) is 9.97 Å². The normalized spacial score (nSPS) is 20.0. The summed E-state index contributed by atoms with van der Waals surface area (Å²) in [4.78, 5) is 8.52. The first-order valence-corrected chi connectivity index (χ1v) is 7.02. The van der Waals surface area contributed by atoms with Crippen LogP contribution in [0.2, 0.25) is 0 Å². The van der Waals surface area contributed by atoms with Gasteiger partial charge in [0.25, 0.3) is 0 Å². The number of nitrogens with zero attached hydrogens (tertiary/aromatic N) is 2. The largest absolute Gasteiger partial charge is 0.496 e. The van der Waals surface area contributed by atoms with E-state index in [4.69, 9.17) is 13.7 Å². The van der Waals surface area contributed by atoms with Crippen molar-refractivity contribution in [3.05, 3.63) is 30.3 Å². The Morgan fingerprint density at radius 1 is 1.05 bits per heavy atom. The molecule has 0 atom stereocenters. The van der Waals surface area contributed by atoms with Gasteiger partial charge in [-0.15, -0.1) is 0 Å². The van der Waals surface area contributed by atoms with Crippen molar-refractivity contribution in [2.45, 2.75) is 45.8 Å². The van der Waals surface area contributed by atoms with E-state index in [1.54, 1.807) is 12.4 Å². The van der Waals surface area contributed by atoms with E-state index in [0.29, 0.717) is 11.6 Å². The predicted octanol–water partition coefficient (Wildman–Crippen LogP) is 2.34. The number of rotatable bonds is 2. The minimum atomic E-state index is -0.402. The second-order valence-electron chi connectivity index (χ2n) is 6.35. The zero-order valence-electron chi connectivity index (χ0n) is 13.0. The minimum absolute atomic E-state index is 0.356. The van der Waals surface area contributed by atoms with Crippen LogP contribution in [0.15, 0.2) is 29.1 Å². The van der Waals surface area contributed by atoms with Gasteiger partial charge in [-0.3, -0.25) is 4.98 Å². The van der Waals surface area contributed by atoms with Crippen LogP contribution in [0, 0.1) is 6.92 Å². The molecule has 0 saturated carbocycles. The molecule has 6 heteroatoms. The highest BCUT2D eigenvalue weighted by molar-refractivity contribution is 6.62. The lowest BCUT2D eigenvalue weighted by Crippen LogP contribution is -2.41. The Balaban J connectivity index is 1.91. The topological polar surface area (TPSA) is 57.4 Å². The van der Waals surface area contributed by atoms with Crippen LogP contribution >= 0.6 is 0 Å². The highest BCUT2D eigenvalue weighted by Crippen LogP contribution is 2.36. The van der Waals surface area contributed by atoms with Gasteiger partial charge in [-0.2, -0.15) is 0 Å². The maximum absolute atomic E-state index is 6.06. The maximum Gasteiger partial charge on any atom is 0.496 e. The van der Waals surface area contributed by atoms with E-state index in [1.807, 2.05) is 40.7 Å². The first-order chi connectivity index (χ1) is 9.80. The molecule has 0 unspecified atom stereocenters. The van der Waals surface area contributed by atoms with E-state index in [-0.39, 0.29) is 11.2 Å². The Hall–Kier alpha value is -1.66. The molecule has 0 radical (unpaired) electrons. The quantitative estimate of drug-likeness (QED) is 0.793. The zero-order chi connectivity index (χ0) is 15.3.